The van der Waals surface area contributed by atoms with Crippen LogP contribution in [0.15, 0.2) is 76.7 Å². The molecule has 0 fully saturated rings. The molecule has 0 bridgehead atoms. The highest BCUT2D eigenvalue weighted by Crippen LogP contribution is 2.22. The molecular weight excluding hydrogens is 336 g/mol. The summed E-state index contributed by atoms with van der Waals surface area (Å²) in [5, 5.41) is 0.688. The standard InChI is InChI=1S/C19H18N2O3S/c1-2-24-18(22)14-25-17-13-20(15-9-5-3-6-10-15)19(23)21(17)16-11-7-4-8-12-16/h3-13H,2,14H2,1H3. The average Bonchev–Trinajstić information content (AvgIpc) is 2.98. The van der Waals surface area contributed by atoms with Crippen LogP contribution in [0.1, 0.15) is 6.92 Å². The number of thioether (sulfide) groups is 1. The van der Waals surface area contributed by atoms with E-state index in [1.807, 2.05) is 60.7 Å². The van der Waals surface area contributed by atoms with Crippen LogP contribution in [-0.4, -0.2) is 27.5 Å². The molecule has 0 spiro atoms. The van der Waals surface area contributed by atoms with Crippen molar-refractivity contribution in [3.05, 3.63) is 77.3 Å². The summed E-state index contributed by atoms with van der Waals surface area (Å²) in [6, 6.07) is 18.8. The van der Waals surface area contributed by atoms with Crippen molar-refractivity contribution < 1.29 is 9.53 Å². The van der Waals surface area contributed by atoms with Crippen LogP contribution in [0.3, 0.4) is 0 Å². The third-order valence-electron chi connectivity index (χ3n) is 3.55. The lowest BCUT2D eigenvalue weighted by Gasteiger charge is -2.06. The molecule has 3 aromatic rings. The molecular formula is C19H18N2O3S. The smallest absolute Gasteiger partial charge is 0.338 e. The van der Waals surface area contributed by atoms with Crippen LogP contribution >= 0.6 is 11.8 Å². The fourth-order valence-electron chi connectivity index (χ4n) is 2.45. The Balaban J connectivity index is 2.03. The number of hydrogen-bond acceptors (Lipinski definition) is 4. The number of nitrogens with zero attached hydrogens (tertiary/aromatic N) is 2. The third-order valence-corrected chi connectivity index (χ3v) is 4.51. The Morgan fingerprint density at radius 1 is 1.00 bits per heavy atom. The van der Waals surface area contributed by atoms with Crippen molar-refractivity contribution in [1.82, 2.24) is 9.13 Å². The zero-order chi connectivity index (χ0) is 17.6. The molecule has 0 atom stereocenters. The van der Waals surface area contributed by atoms with Crippen LogP contribution < -0.4 is 5.69 Å². The van der Waals surface area contributed by atoms with Gasteiger partial charge in [-0.05, 0) is 31.2 Å². The van der Waals surface area contributed by atoms with Gasteiger partial charge in [0.1, 0.15) is 5.03 Å². The quantitative estimate of drug-likeness (QED) is 0.503. The van der Waals surface area contributed by atoms with Gasteiger partial charge < -0.3 is 4.74 Å². The second-order valence-electron chi connectivity index (χ2n) is 5.22. The van der Waals surface area contributed by atoms with Crippen molar-refractivity contribution in [2.75, 3.05) is 12.4 Å². The van der Waals surface area contributed by atoms with Crippen LogP contribution in [0.25, 0.3) is 11.4 Å². The summed E-state index contributed by atoms with van der Waals surface area (Å²) in [5.41, 5.74) is 1.36. The van der Waals surface area contributed by atoms with Gasteiger partial charge in [0.2, 0.25) is 0 Å². The van der Waals surface area contributed by atoms with E-state index in [1.54, 1.807) is 22.3 Å². The van der Waals surface area contributed by atoms with Gasteiger partial charge in [0.15, 0.2) is 0 Å². The van der Waals surface area contributed by atoms with Crippen molar-refractivity contribution in [2.45, 2.75) is 11.9 Å². The monoisotopic (exact) mass is 354 g/mol. The van der Waals surface area contributed by atoms with E-state index in [2.05, 4.69) is 0 Å². The van der Waals surface area contributed by atoms with Crippen molar-refractivity contribution >= 4 is 17.7 Å². The number of ether oxygens (including phenoxy) is 1. The van der Waals surface area contributed by atoms with Gasteiger partial charge in [-0.25, -0.2) is 4.79 Å². The SMILES string of the molecule is CCOC(=O)CSc1cn(-c2ccccc2)c(=O)n1-c1ccccc1. The van der Waals surface area contributed by atoms with Gasteiger partial charge in [-0.3, -0.25) is 13.9 Å². The molecule has 0 saturated carbocycles. The number of carbonyl (C=O) groups excluding carboxylic acids is 1. The van der Waals surface area contributed by atoms with Gasteiger partial charge in [-0.1, -0.05) is 48.2 Å². The molecule has 5 nitrogen and oxygen atoms in total. The van der Waals surface area contributed by atoms with E-state index in [4.69, 9.17) is 4.74 Å². The number of aromatic nitrogens is 2. The van der Waals surface area contributed by atoms with E-state index < -0.39 is 0 Å². The van der Waals surface area contributed by atoms with E-state index >= 15 is 0 Å². The Hall–Kier alpha value is -2.73. The lowest BCUT2D eigenvalue weighted by Crippen LogP contribution is -2.22. The molecule has 0 aliphatic carbocycles. The number of rotatable bonds is 6. The minimum Gasteiger partial charge on any atom is -0.465 e. The predicted molar refractivity (Wildman–Crippen MR) is 98.7 cm³/mol. The Labute approximate surface area is 149 Å². The summed E-state index contributed by atoms with van der Waals surface area (Å²) >= 11 is 1.29. The van der Waals surface area contributed by atoms with Crippen LogP contribution in [0.5, 0.6) is 0 Å². The van der Waals surface area contributed by atoms with Gasteiger partial charge in [-0.2, -0.15) is 0 Å². The summed E-state index contributed by atoms with van der Waals surface area (Å²) in [7, 11) is 0. The molecule has 128 valence electrons. The summed E-state index contributed by atoms with van der Waals surface area (Å²) in [6.45, 7) is 2.12. The van der Waals surface area contributed by atoms with E-state index in [1.165, 1.54) is 11.8 Å². The number of imidazole rings is 1. The number of para-hydroxylation sites is 2. The summed E-state index contributed by atoms with van der Waals surface area (Å²) in [6.07, 6.45) is 1.76. The molecule has 25 heavy (non-hydrogen) atoms. The van der Waals surface area contributed by atoms with Gasteiger partial charge in [-0.15, -0.1) is 0 Å². The lowest BCUT2D eigenvalue weighted by atomic mass is 10.3. The van der Waals surface area contributed by atoms with Crippen molar-refractivity contribution in [3.8, 4) is 11.4 Å². The first-order valence-corrected chi connectivity index (χ1v) is 8.93. The minimum absolute atomic E-state index is 0.152. The zero-order valence-electron chi connectivity index (χ0n) is 13.8. The molecule has 0 N–H and O–H groups in total. The Morgan fingerprint density at radius 3 is 2.20 bits per heavy atom. The van der Waals surface area contributed by atoms with Crippen LogP contribution in [0, 0.1) is 0 Å². The third kappa shape index (κ3) is 3.85. The van der Waals surface area contributed by atoms with E-state index in [-0.39, 0.29) is 17.4 Å². The highest BCUT2D eigenvalue weighted by molar-refractivity contribution is 7.99. The first-order valence-electron chi connectivity index (χ1n) is 7.94. The van der Waals surface area contributed by atoms with E-state index in [0.29, 0.717) is 11.6 Å². The van der Waals surface area contributed by atoms with Gasteiger partial charge in [0.25, 0.3) is 0 Å². The molecule has 0 amide bonds. The van der Waals surface area contributed by atoms with E-state index in [9.17, 15) is 9.59 Å². The molecule has 0 saturated heterocycles. The molecule has 0 aliphatic rings. The van der Waals surface area contributed by atoms with Gasteiger partial charge >= 0.3 is 11.7 Å². The maximum Gasteiger partial charge on any atom is 0.338 e. The van der Waals surface area contributed by atoms with E-state index in [0.717, 1.165) is 11.4 Å². The second kappa shape index (κ2) is 7.90. The van der Waals surface area contributed by atoms with Gasteiger partial charge in [0, 0.05) is 6.20 Å². The second-order valence-corrected chi connectivity index (χ2v) is 6.22. The summed E-state index contributed by atoms with van der Waals surface area (Å²) in [4.78, 5) is 24.6. The number of benzene rings is 2. The van der Waals surface area contributed by atoms with Crippen molar-refractivity contribution in [3.63, 3.8) is 0 Å². The maximum atomic E-state index is 13.0. The van der Waals surface area contributed by atoms with Crippen LogP contribution in [0.2, 0.25) is 0 Å². The first-order chi connectivity index (χ1) is 12.2. The topological polar surface area (TPSA) is 53.2 Å². The van der Waals surface area contributed by atoms with Gasteiger partial charge in [0.05, 0.1) is 23.7 Å². The summed E-state index contributed by atoms with van der Waals surface area (Å²) < 4.78 is 8.17. The minimum atomic E-state index is -0.299. The number of hydrogen-bond donors (Lipinski definition) is 0. The molecule has 1 heterocycles. The molecule has 1 aromatic heterocycles. The molecule has 3 rings (SSSR count). The Kier molecular flexibility index (Phi) is 5.40. The van der Waals surface area contributed by atoms with Crippen molar-refractivity contribution in [2.24, 2.45) is 0 Å². The van der Waals surface area contributed by atoms with Crippen molar-refractivity contribution in [1.29, 1.82) is 0 Å². The van der Waals surface area contributed by atoms with Crippen LogP contribution in [0.4, 0.5) is 0 Å². The lowest BCUT2D eigenvalue weighted by molar-refractivity contribution is -0.139. The number of esters is 1. The summed E-state index contributed by atoms with van der Waals surface area (Å²) in [5.74, 6) is -0.147. The maximum absolute atomic E-state index is 13.0. The average molecular weight is 354 g/mol. The molecule has 0 radical (unpaired) electrons. The molecule has 0 aliphatic heterocycles. The Morgan fingerprint density at radius 2 is 1.60 bits per heavy atom. The number of carbonyl (C=O) groups is 1. The Bertz CT molecular complexity index is 901. The fraction of sp³-hybridized carbons (Fsp3) is 0.158. The highest BCUT2D eigenvalue weighted by atomic mass is 32.2. The highest BCUT2D eigenvalue weighted by Gasteiger charge is 2.16. The predicted octanol–water partition coefficient (Wildman–Crippen LogP) is 3.28. The normalized spacial score (nSPS) is 10.6. The molecule has 2 aromatic carbocycles. The largest absolute Gasteiger partial charge is 0.465 e. The molecule has 6 heteroatoms. The fourth-order valence-corrected chi connectivity index (χ4v) is 3.29. The molecule has 0 unspecified atom stereocenters. The first kappa shape index (κ1) is 17.1. The zero-order valence-corrected chi connectivity index (χ0v) is 14.6. The van der Waals surface area contributed by atoms with Crippen LogP contribution in [-0.2, 0) is 9.53 Å².